The van der Waals surface area contributed by atoms with E-state index in [2.05, 4.69) is 0 Å². The van der Waals surface area contributed by atoms with E-state index in [0.717, 1.165) is 22.9 Å². The van der Waals surface area contributed by atoms with Gasteiger partial charge in [0.15, 0.2) is 0 Å². The number of allylic oxidation sites excluding steroid dienone is 2. The van der Waals surface area contributed by atoms with Crippen molar-refractivity contribution < 1.29 is 9.59 Å². The van der Waals surface area contributed by atoms with Crippen molar-refractivity contribution in [2.75, 3.05) is 0 Å². The van der Waals surface area contributed by atoms with Gasteiger partial charge in [-0.15, -0.1) is 0 Å². The molecule has 2 aromatic carbocycles. The Balaban J connectivity index is 1.73. The number of carbonyl (C=O) groups is 2. The minimum Gasteiger partial charge on any atom is -0.268 e. The van der Waals surface area contributed by atoms with Gasteiger partial charge in [-0.25, -0.2) is 0 Å². The number of amides is 2. The number of hydrogen-bond acceptors (Lipinski definition) is 3. The highest BCUT2D eigenvalue weighted by Gasteiger charge is 2.34. The summed E-state index contributed by atoms with van der Waals surface area (Å²) in [5.74, 6) is -0.266. The maximum absolute atomic E-state index is 12.4. The molecule has 1 saturated heterocycles. The topological polar surface area (TPSA) is 37.4 Å². The first-order valence-electron chi connectivity index (χ1n) is 7.35. The van der Waals surface area contributed by atoms with E-state index in [1.54, 1.807) is 18.2 Å². The summed E-state index contributed by atoms with van der Waals surface area (Å²) in [5.41, 5.74) is 1.78. The van der Waals surface area contributed by atoms with Crippen LogP contribution in [0.2, 0.25) is 5.02 Å². The van der Waals surface area contributed by atoms with Crippen LogP contribution >= 0.6 is 23.4 Å². The maximum Gasteiger partial charge on any atom is 0.293 e. The number of carbonyl (C=O) groups excluding carboxylic acids is 2. The predicted molar refractivity (Wildman–Crippen MR) is 98.5 cm³/mol. The summed E-state index contributed by atoms with van der Waals surface area (Å²) >= 11 is 7.03. The lowest BCUT2D eigenvalue weighted by atomic mass is 10.2. The molecule has 0 aromatic heterocycles. The Bertz CT molecular complexity index is 830. The van der Waals surface area contributed by atoms with Gasteiger partial charge in [-0.05, 0) is 35.0 Å². The van der Waals surface area contributed by atoms with Crippen molar-refractivity contribution in [3.05, 3.63) is 87.8 Å². The number of rotatable bonds is 4. The molecule has 0 atom stereocenters. The minimum absolute atomic E-state index is 0.249. The highest BCUT2D eigenvalue weighted by atomic mass is 35.5. The fourth-order valence-electron chi connectivity index (χ4n) is 2.27. The van der Waals surface area contributed by atoms with Crippen molar-refractivity contribution in [2.45, 2.75) is 6.54 Å². The van der Waals surface area contributed by atoms with Crippen LogP contribution in [-0.4, -0.2) is 16.0 Å². The molecule has 0 unspecified atom stereocenters. The van der Waals surface area contributed by atoms with Crippen LogP contribution in [-0.2, 0) is 11.3 Å². The van der Waals surface area contributed by atoms with Gasteiger partial charge < -0.3 is 0 Å². The molecule has 1 heterocycles. The van der Waals surface area contributed by atoms with Crippen LogP contribution < -0.4 is 0 Å². The molecule has 1 aliphatic rings. The van der Waals surface area contributed by atoms with Gasteiger partial charge in [0.2, 0.25) is 0 Å². The number of imide groups is 1. The second-order valence-electron chi connectivity index (χ2n) is 5.16. The third kappa shape index (κ3) is 3.78. The van der Waals surface area contributed by atoms with Crippen LogP contribution in [0.3, 0.4) is 0 Å². The average molecular weight is 356 g/mol. The van der Waals surface area contributed by atoms with E-state index in [4.69, 9.17) is 11.6 Å². The molecule has 0 saturated carbocycles. The molecule has 2 amide bonds. The van der Waals surface area contributed by atoms with Crippen molar-refractivity contribution in [3.63, 3.8) is 0 Å². The summed E-state index contributed by atoms with van der Waals surface area (Å²) in [6, 6.07) is 16.9. The first kappa shape index (κ1) is 16.6. The van der Waals surface area contributed by atoms with Gasteiger partial charge in [0.1, 0.15) is 0 Å². The normalized spacial score (nSPS) is 16.5. The molecule has 120 valence electrons. The number of benzene rings is 2. The van der Waals surface area contributed by atoms with E-state index in [-0.39, 0.29) is 17.7 Å². The minimum atomic E-state index is -0.266. The van der Waals surface area contributed by atoms with Gasteiger partial charge >= 0.3 is 0 Å². The molecule has 0 spiro atoms. The molecule has 3 rings (SSSR count). The molecule has 0 N–H and O–H groups in total. The Morgan fingerprint density at radius 1 is 1.00 bits per heavy atom. The van der Waals surface area contributed by atoms with E-state index in [0.29, 0.717) is 9.93 Å². The van der Waals surface area contributed by atoms with Crippen LogP contribution in [0, 0.1) is 0 Å². The van der Waals surface area contributed by atoms with E-state index in [1.165, 1.54) is 4.90 Å². The van der Waals surface area contributed by atoms with Crippen molar-refractivity contribution in [1.82, 2.24) is 4.90 Å². The summed E-state index contributed by atoms with van der Waals surface area (Å²) in [6.07, 6.45) is 5.20. The fourth-order valence-corrected chi connectivity index (χ4v) is 3.25. The Kier molecular flexibility index (Phi) is 5.18. The standard InChI is InChI=1S/C19H14ClNO2S/c20-16-11-5-4-9-15(16)10-6-12-17-18(22)21(19(23)24-17)13-14-7-2-1-3-8-14/h1-12H,13H2/b10-6+,17-12-. The average Bonchev–Trinajstić information content (AvgIpc) is 2.85. The van der Waals surface area contributed by atoms with Crippen LogP contribution in [0.1, 0.15) is 11.1 Å². The predicted octanol–water partition coefficient (Wildman–Crippen LogP) is 5.13. The molecular weight excluding hydrogens is 342 g/mol. The number of halogens is 1. The monoisotopic (exact) mass is 355 g/mol. The lowest BCUT2D eigenvalue weighted by Gasteiger charge is -2.11. The highest BCUT2D eigenvalue weighted by Crippen LogP contribution is 2.31. The molecule has 0 aliphatic carbocycles. The molecule has 1 aliphatic heterocycles. The largest absolute Gasteiger partial charge is 0.293 e. The van der Waals surface area contributed by atoms with Gasteiger partial charge in [-0.1, -0.05) is 72.3 Å². The van der Waals surface area contributed by atoms with Crippen LogP contribution in [0.4, 0.5) is 4.79 Å². The zero-order valence-electron chi connectivity index (χ0n) is 12.7. The van der Waals surface area contributed by atoms with Gasteiger partial charge in [-0.3, -0.25) is 14.5 Å². The summed E-state index contributed by atoms with van der Waals surface area (Å²) in [5, 5.41) is 0.389. The summed E-state index contributed by atoms with van der Waals surface area (Å²) in [7, 11) is 0. The Morgan fingerprint density at radius 2 is 1.71 bits per heavy atom. The van der Waals surface area contributed by atoms with E-state index in [1.807, 2.05) is 54.6 Å². The van der Waals surface area contributed by atoms with Gasteiger partial charge in [0.05, 0.1) is 11.4 Å². The molecule has 2 aromatic rings. The third-order valence-corrected chi connectivity index (χ3v) is 4.76. The summed E-state index contributed by atoms with van der Waals surface area (Å²) in [6.45, 7) is 0.289. The van der Waals surface area contributed by atoms with E-state index >= 15 is 0 Å². The molecular formula is C19H14ClNO2S. The Hall–Kier alpha value is -2.30. The fraction of sp³-hybridized carbons (Fsp3) is 0.0526. The lowest BCUT2D eigenvalue weighted by Crippen LogP contribution is -2.27. The van der Waals surface area contributed by atoms with E-state index in [9.17, 15) is 9.59 Å². The van der Waals surface area contributed by atoms with Crippen LogP contribution in [0.15, 0.2) is 71.7 Å². The highest BCUT2D eigenvalue weighted by molar-refractivity contribution is 8.18. The number of thioether (sulfide) groups is 1. The number of hydrogen-bond donors (Lipinski definition) is 0. The number of nitrogens with zero attached hydrogens (tertiary/aromatic N) is 1. The second kappa shape index (κ2) is 7.51. The molecule has 5 heteroatoms. The van der Waals surface area contributed by atoms with Crippen molar-refractivity contribution in [3.8, 4) is 0 Å². The molecule has 3 nitrogen and oxygen atoms in total. The molecule has 1 fully saturated rings. The summed E-state index contributed by atoms with van der Waals surface area (Å²) < 4.78 is 0. The first-order chi connectivity index (χ1) is 11.6. The summed E-state index contributed by atoms with van der Waals surface area (Å²) in [4.78, 5) is 26.1. The molecule has 24 heavy (non-hydrogen) atoms. The molecule has 0 radical (unpaired) electrons. The Labute approximate surface area is 149 Å². The van der Waals surface area contributed by atoms with Gasteiger partial charge in [0.25, 0.3) is 11.1 Å². The van der Waals surface area contributed by atoms with Crippen molar-refractivity contribution in [2.24, 2.45) is 0 Å². The van der Waals surface area contributed by atoms with Gasteiger partial charge in [-0.2, -0.15) is 0 Å². The smallest absolute Gasteiger partial charge is 0.268 e. The van der Waals surface area contributed by atoms with Gasteiger partial charge in [0, 0.05) is 5.02 Å². The lowest BCUT2D eigenvalue weighted by molar-refractivity contribution is -0.123. The van der Waals surface area contributed by atoms with Crippen LogP contribution in [0.25, 0.3) is 6.08 Å². The van der Waals surface area contributed by atoms with E-state index < -0.39 is 0 Å². The maximum atomic E-state index is 12.4. The van der Waals surface area contributed by atoms with Crippen LogP contribution in [0.5, 0.6) is 0 Å². The van der Waals surface area contributed by atoms with Crippen molar-refractivity contribution in [1.29, 1.82) is 0 Å². The zero-order chi connectivity index (χ0) is 16.9. The molecule has 0 bridgehead atoms. The second-order valence-corrected chi connectivity index (χ2v) is 6.56. The zero-order valence-corrected chi connectivity index (χ0v) is 14.3. The quantitative estimate of drug-likeness (QED) is 0.713. The first-order valence-corrected chi connectivity index (χ1v) is 8.55. The third-order valence-electron chi connectivity index (χ3n) is 3.49. The van der Waals surface area contributed by atoms with Crippen molar-refractivity contribution >= 4 is 40.6 Å². The SMILES string of the molecule is O=C1S/C(=C\C=C\c2ccccc2Cl)C(=O)N1Cc1ccccc1. The Morgan fingerprint density at radius 3 is 2.46 bits per heavy atom.